The van der Waals surface area contributed by atoms with Gasteiger partial charge in [-0.3, -0.25) is 4.79 Å². The van der Waals surface area contributed by atoms with Crippen LogP contribution < -0.4 is 0 Å². The molecule has 0 aromatic heterocycles. The fraction of sp³-hybridized carbons (Fsp3) is 0.435. The topological polar surface area (TPSA) is 49.8 Å². The number of methoxy groups -OCH3 is 1. The van der Waals surface area contributed by atoms with Crippen LogP contribution in [-0.2, 0) is 20.5 Å². The molecule has 1 saturated heterocycles. The summed E-state index contributed by atoms with van der Waals surface area (Å²) >= 11 is 6.02. The highest BCUT2D eigenvalue weighted by atomic mass is 35.5. The summed E-state index contributed by atoms with van der Waals surface area (Å²) in [6, 6.07) is 17.4. The summed E-state index contributed by atoms with van der Waals surface area (Å²) in [5.41, 5.74) is 0.654. The van der Waals surface area contributed by atoms with E-state index in [-0.39, 0.29) is 11.9 Å². The Morgan fingerprint density at radius 2 is 1.75 bits per heavy atom. The van der Waals surface area contributed by atoms with Crippen LogP contribution in [0.25, 0.3) is 0 Å². The van der Waals surface area contributed by atoms with Crippen LogP contribution in [0.4, 0.5) is 0 Å². The average molecular weight is 400 g/mol. The lowest BCUT2D eigenvalue weighted by Gasteiger charge is -2.39. The first kappa shape index (κ1) is 19.4. The second-order valence-electron chi connectivity index (χ2n) is 8.07. The summed E-state index contributed by atoms with van der Waals surface area (Å²) in [5.74, 6) is 0.0571. The van der Waals surface area contributed by atoms with Crippen molar-refractivity contribution in [3.05, 3.63) is 70.7 Å². The molecule has 1 aliphatic heterocycles. The second kappa shape index (κ2) is 7.51. The zero-order valence-electron chi connectivity index (χ0n) is 16.1. The molecule has 2 atom stereocenters. The minimum Gasteiger partial charge on any atom is -0.468 e. The number of aliphatic hydroxyl groups is 1. The predicted octanol–water partition coefficient (Wildman–Crippen LogP) is 3.75. The van der Waals surface area contributed by atoms with E-state index >= 15 is 0 Å². The number of rotatable bonds is 5. The van der Waals surface area contributed by atoms with Gasteiger partial charge in [-0.15, -0.1) is 0 Å². The number of hydrogen-bond donors (Lipinski definition) is 1. The van der Waals surface area contributed by atoms with Crippen LogP contribution in [0.15, 0.2) is 54.6 Å². The number of likely N-dealkylation sites (tertiary alicyclic amines) is 1. The van der Waals surface area contributed by atoms with Crippen LogP contribution >= 0.6 is 11.6 Å². The third-order valence-electron chi connectivity index (χ3n) is 6.49. The molecular weight excluding hydrogens is 374 g/mol. The highest BCUT2D eigenvalue weighted by Crippen LogP contribution is 2.55. The molecule has 4 rings (SSSR count). The molecule has 0 bridgehead atoms. The van der Waals surface area contributed by atoms with Crippen molar-refractivity contribution >= 4 is 17.6 Å². The van der Waals surface area contributed by atoms with Gasteiger partial charge in [0.2, 0.25) is 0 Å². The summed E-state index contributed by atoms with van der Waals surface area (Å²) < 4.78 is 5.14. The lowest BCUT2D eigenvalue weighted by atomic mass is 9.84. The van der Waals surface area contributed by atoms with E-state index in [1.54, 1.807) is 0 Å². The van der Waals surface area contributed by atoms with Crippen LogP contribution in [-0.4, -0.2) is 42.7 Å². The number of carbonyl (C=O) groups excluding carboxylic acids is 1. The minimum atomic E-state index is -0.753. The lowest BCUT2D eigenvalue weighted by molar-refractivity contribution is -0.144. The van der Waals surface area contributed by atoms with Crippen molar-refractivity contribution in [3.63, 3.8) is 0 Å². The van der Waals surface area contributed by atoms with Gasteiger partial charge in [0.05, 0.1) is 18.1 Å². The molecular formula is C23H26ClNO3. The standard InChI is InChI=1S/C23H26ClNO3/c1-28-21(26)23(18-7-9-20(24)10-8-18)15-19(23)16-25-13-11-22(27,12-14-25)17-5-3-2-4-6-17/h2-10,19,27H,11-16H2,1H3. The molecule has 4 nitrogen and oxygen atoms in total. The maximum atomic E-state index is 12.6. The normalized spacial score (nSPS) is 26.6. The summed E-state index contributed by atoms with van der Waals surface area (Å²) in [6.07, 6.45) is 2.20. The molecule has 0 radical (unpaired) electrons. The lowest BCUT2D eigenvalue weighted by Crippen LogP contribution is -2.44. The molecule has 28 heavy (non-hydrogen) atoms. The third kappa shape index (κ3) is 3.45. The highest BCUT2D eigenvalue weighted by molar-refractivity contribution is 6.30. The summed E-state index contributed by atoms with van der Waals surface area (Å²) in [7, 11) is 1.45. The van der Waals surface area contributed by atoms with Crippen LogP contribution in [0.5, 0.6) is 0 Å². The van der Waals surface area contributed by atoms with Gasteiger partial charge in [0.1, 0.15) is 0 Å². The maximum absolute atomic E-state index is 12.6. The van der Waals surface area contributed by atoms with Crippen molar-refractivity contribution < 1.29 is 14.6 Å². The van der Waals surface area contributed by atoms with Crippen molar-refractivity contribution in [2.24, 2.45) is 5.92 Å². The Hall–Kier alpha value is -1.88. The molecule has 2 aromatic carbocycles. The molecule has 1 aliphatic carbocycles. The van der Waals surface area contributed by atoms with Gasteiger partial charge in [-0.05, 0) is 48.4 Å². The van der Waals surface area contributed by atoms with Gasteiger partial charge < -0.3 is 14.7 Å². The molecule has 2 fully saturated rings. The van der Waals surface area contributed by atoms with Gasteiger partial charge in [0.15, 0.2) is 0 Å². The van der Waals surface area contributed by atoms with Crippen molar-refractivity contribution in [3.8, 4) is 0 Å². The van der Waals surface area contributed by atoms with Crippen LogP contribution in [0, 0.1) is 5.92 Å². The summed E-state index contributed by atoms with van der Waals surface area (Å²) in [6.45, 7) is 2.47. The Morgan fingerprint density at radius 1 is 1.11 bits per heavy atom. The van der Waals surface area contributed by atoms with Crippen LogP contribution in [0.1, 0.15) is 30.4 Å². The van der Waals surface area contributed by atoms with Crippen molar-refractivity contribution in [2.75, 3.05) is 26.7 Å². The Balaban J connectivity index is 1.43. The molecule has 5 heteroatoms. The van der Waals surface area contributed by atoms with Crippen LogP contribution in [0.2, 0.25) is 5.02 Å². The highest BCUT2D eigenvalue weighted by Gasteiger charge is 2.62. The molecule has 2 unspecified atom stereocenters. The molecule has 1 N–H and O–H groups in total. The van der Waals surface area contributed by atoms with Gasteiger partial charge >= 0.3 is 5.97 Å². The molecule has 2 aliphatic rings. The van der Waals surface area contributed by atoms with Gasteiger partial charge in [-0.2, -0.15) is 0 Å². The monoisotopic (exact) mass is 399 g/mol. The first-order valence-corrected chi connectivity index (χ1v) is 10.2. The van der Waals surface area contributed by atoms with Gasteiger partial charge in [-0.1, -0.05) is 54.1 Å². The number of carbonyl (C=O) groups is 1. The Labute approximate surface area is 171 Å². The minimum absolute atomic E-state index is 0.169. The summed E-state index contributed by atoms with van der Waals surface area (Å²) in [5, 5.41) is 11.7. The Kier molecular flexibility index (Phi) is 5.21. The number of ether oxygens (including phenoxy) is 1. The zero-order valence-corrected chi connectivity index (χ0v) is 16.9. The molecule has 1 heterocycles. The number of halogens is 1. The smallest absolute Gasteiger partial charge is 0.316 e. The van der Waals surface area contributed by atoms with E-state index in [1.165, 1.54) is 7.11 Å². The maximum Gasteiger partial charge on any atom is 0.316 e. The van der Waals surface area contributed by atoms with E-state index < -0.39 is 11.0 Å². The SMILES string of the molecule is COC(=O)C1(c2ccc(Cl)cc2)CC1CN1CCC(O)(c2ccccc2)CC1. The van der Waals surface area contributed by atoms with E-state index in [9.17, 15) is 9.90 Å². The number of benzene rings is 2. The third-order valence-corrected chi connectivity index (χ3v) is 6.74. The van der Waals surface area contributed by atoms with Gasteiger partial charge in [0, 0.05) is 24.7 Å². The molecule has 148 valence electrons. The van der Waals surface area contributed by atoms with Crippen molar-refractivity contribution in [2.45, 2.75) is 30.3 Å². The molecule has 2 aromatic rings. The summed E-state index contributed by atoms with van der Waals surface area (Å²) in [4.78, 5) is 15.0. The number of hydrogen-bond acceptors (Lipinski definition) is 4. The number of esters is 1. The van der Waals surface area contributed by atoms with E-state index in [2.05, 4.69) is 4.90 Å². The van der Waals surface area contributed by atoms with Gasteiger partial charge in [0.25, 0.3) is 0 Å². The largest absolute Gasteiger partial charge is 0.468 e. The Morgan fingerprint density at radius 3 is 2.36 bits per heavy atom. The van der Waals surface area contributed by atoms with Gasteiger partial charge in [-0.25, -0.2) is 0 Å². The second-order valence-corrected chi connectivity index (χ2v) is 8.51. The fourth-order valence-electron chi connectivity index (χ4n) is 4.66. The van der Waals surface area contributed by atoms with E-state index in [4.69, 9.17) is 16.3 Å². The molecule has 0 spiro atoms. The van der Waals surface area contributed by atoms with Crippen molar-refractivity contribution in [1.29, 1.82) is 0 Å². The zero-order chi connectivity index (χ0) is 19.8. The van der Waals surface area contributed by atoms with Crippen molar-refractivity contribution in [1.82, 2.24) is 4.90 Å². The first-order chi connectivity index (χ1) is 13.5. The first-order valence-electron chi connectivity index (χ1n) is 9.83. The van der Waals surface area contributed by atoms with E-state index in [0.29, 0.717) is 17.9 Å². The quantitative estimate of drug-likeness (QED) is 0.778. The number of nitrogens with zero attached hydrogens (tertiary/aromatic N) is 1. The Bertz CT molecular complexity index is 831. The van der Waals surface area contributed by atoms with Crippen LogP contribution in [0.3, 0.4) is 0 Å². The fourth-order valence-corrected chi connectivity index (χ4v) is 4.78. The number of piperidine rings is 1. The molecule has 1 saturated carbocycles. The average Bonchev–Trinajstić information content (AvgIpc) is 3.45. The van der Waals surface area contributed by atoms with E-state index in [0.717, 1.165) is 37.2 Å². The molecule has 0 amide bonds. The van der Waals surface area contributed by atoms with E-state index in [1.807, 2.05) is 54.6 Å². The predicted molar refractivity (Wildman–Crippen MR) is 109 cm³/mol.